The van der Waals surface area contributed by atoms with Crippen molar-refractivity contribution >= 4 is 35.0 Å². The topological polar surface area (TPSA) is 73.9 Å². The van der Waals surface area contributed by atoms with E-state index in [4.69, 9.17) is 37.4 Å². The van der Waals surface area contributed by atoms with E-state index in [0.717, 1.165) is 11.3 Å². The standard InChI is InChI=1S/C28H29Cl2NO5/c1-14(2)36-28(33)25-15(3)31-21-11-18(16-7-9-23(34-4)24(13-16)35-5)12-22(32)27(21)26(25)17-6-8-19(29)20(30)10-17/h6-10,13-14,18,26,31H,11-12H2,1-5H3/t18-,26-/m1/s1. The lowest BCUT2D eigenvalue weighted by molar-refractivity contribution is -0.143. The van der Waals surface area contributed by atoms with E-state index in [1.807, 2.05) is 25.1 Å². The maximum Gasteiger partial charge on any atom is 0.337 e. The Hall–Kier alpha value is -2.96. The van der Waals surface area contributed by atoms with Crippen molar-refractivity contribution in [1.29, 1.82) is 0 Å². The second-order valence-corrected chi connectivity index (χ2v) is 10.1. The minimum atomic E-state index is -0.610. The number of dihydropyridines is 1. The van der Waals surface area contributed by atoms with Gasteiger partial charge in [0.05, 0.1) is 35.9 Å². The van der Waals surface area contributed by atoms with E-state index >= 15 is 0 Å². The molecule has 0 radical (unpaired) electrons. The van der Waals surface area contributed by atoms with Crippen LogP contribution in [0.25, 0.3) is 0 Å². The van der Waals surface area contributed by atoms with Crippen molar-refractivity contribution in [3.63, 3.8) is 0 Å². The Balaban J connectivity index is 1.79. The van der Waals surface area contributed by atoms with Crippen LogP contribution in [0.3, 0.4) is 0 Å². The first-order valence-electron chi connectivity index (χ1n) is 11.8. The van der Waals surface area contributed by atoms with Gasteiger partial charge in [0.2, 0.25) is 0 Å². The highest BCUT2D eigenvalue weighted by atomic mass is 35.5. The fourth-order valence-electron chi connectivity index (χ4n) is 4.95. The molecule has 2 aliphatic rings. The zero-order valence-corrected chi connectivity index (χ0v) is 22.4. The monoisotopic (exact) mass is 529 g/mol. The summed E-state index contributed by atoms with van der Waals surface area (Å²) in [5.74, 6) is 0.0682. The maximum absolute atomic E-state index is 13.7. The third-order valence-electron chi connectivity index (χ3n) is 6.55. The van der Waals surface area contributed by atoms with Crippen molar-refractivity contribution in [3.05, 3.63) is 80.1 Å². The molecular formula is C28H29Cl2NO5. The first kappa shape index (κ1) is 26.1. The molecule has 0 saturated heterocycles. The molecule has 0 bridgehead atoms. The van der Waals surface area contributed by atoms with Gasteiger partial charge in [0.15, 0.2) is 17.3 Å². The van der Waals surface area contributed by atoms with E-state index < -0.39 is 11.9 Å². The molecule has 8 heteroatoms. The summed E-state index contributed by atoms with van der Waals surface area (Å²) < 4.78 is 16.4. The number of benzene rings is 2. The van der Waals surface area contributed by atoms with E-state index in [2.05, 4.69) is 5.32 Å². The number of esters is 1. The van der Waals surface area contributed by atoms with Crippen LogP contribution in [0.1, 0.15) is 56.6 Å². The van der Waals surface area contributed by atoms with Gasteiger partial charge in [-0.05, 0) is 68.5 Å². The Morgan fingerprint density at radius 3 is 2.31 bits per heavy atom. The molecular weight excluding hydrogens is 501 g/mol. The Labute approximate surface area is 221 Å². The van der Waals surface area contributed by atoms with Crippen LogP contribution in [-0.2, 0) is 14.3 Å². The molecule has 0 fully saturated rings. The minimum absolute atomic E-state index is 0.0399. The third-order valence-corrected chi connectivity index (χ3v) is 7.29. The average Bonchev–Trinajstić information content (AvgIpc) is 2.83. The van der Waals surface area contributed by atoms with Crippen LogP contribution < -0.4 is 14.8 Å². The first-order valence-corrected chi connectivity index (χ1v) is 12.5. The van der Waals surface area contributed by atoms with Gasteiger partial charge in [-0.1, -0.05) is 35.3 Å². The highest BCUT2D eigenvalue weighted by Crippen LogP contribution is 2.47. The van der Waals surface area contributed by atoms with E-state index in [9.17, 15) is 9.59 Å². The summed E-state index contributed by atoms with van der Waals surface area (Å²) in [5, 5.41) is 4.11. The summed E-state index contributed by atoms with van der Waals surface area (Å²) in [6.45, 7) is 5.42. The van der Waals surface area contributed by atoms with Gasteiger partial charge >= 0.3 is 5.97 Å². The van der Waals surface area contributed by atoms with Crippen molar-refractivity contribution in [2.24, 2.45) is 0 Å². The lowest BCUT2D eigenvalue weighted by atomic mass is 9.71. The van der Waals surface area contributed by atoms with Gasteiger partial charge in [-0.3, -0.25) is 4.79 Å². The van der Waals surface area contributed by atoms with Crippen molar-refractivity contribution in [3.8, 4) is 11.5 Å². The second kappa shape index (κ2) is 10.6. The van der Waals surface area contributed by atoms with E-state index in [1.165, 1.54) is 0 Å². The fourth-order valence-corrected chi connectivity index (χ4v) is 5.26. The lowest BCUT2D eigenvalue weighted by Gasteiger charge is -2.37. The van der Waals surface area contributed by atoms with Gasteiger partial charge in [-0.25, -0.2) is 4.79 Å². The molecule has 6 nitrogen and oxygen atoms in total. The molecule has 0 amide bonds. The SMILES string of the molecule is COc1ccc([C@H]2CC(=O)C3=C(C2)NC(C)=C(C(=O)OC(C)C)[C@H]3c2ccc(Cl)c(Cl)c2)cc1OC. The highest BCUT2D eigenvalue weighted by molar-refractivity contribution is 6.42. The molecule has 0 aromatic heterocycles. The molecule has 36 heavy (non-hydrogen) atoms. The number of hydrogen-bond donors (Lipinski definition) is 1. The van der Waals surface area contributed by atoms with Crippen LogP contribution in [0.4, 0.5) is 0 Å². The predicted molar refractivity (Wildman–Crippen MR) is 140 cm³/mol. The Kier molecular flexibility index (Phi) is 7.67. The number of halogens is 2. The number of carbonyl (C=O) groups excluding carboxylic acids is 2. The van der Waals surface area contributed by atoms with E-state index in [0.29, 0.717) is 56.8 Å². The van der Waals surface area contributed by atoms with Crippen LogP contribution in [0.2, 0.25) is 10.0 Å². The molecule has 2 aromatic rings. The zero-order valence-electron chi connectivity index (χ0n) is 20.9. The number of Topliss-reactive ketones (excluding diaryl/α,β-unsaturated/α-hetero) is 1. The van der Waals surface area contributed by atoms with Crippen LogP contribution in [0, 0.1) is 0 Å². The number of carbonyl (C=O) groups is 2. The highest BCUT2D eigenvalue weighted by Gasteiger charge is 2.41. The first-order chi connectivity index (χ1) is 17.1. The van der Waals surface area contributed by atoms with E-state index in [1.54, 1.807) is 46.3 Å². The van der Waals surface area contributed by atoms with Gasteiger partial charge in [-0.2, -0.15) is 0 Å². The summed E-state index contributed by atoms with van der Waals surface area (Å²) in [6, 6.07) is 10.9. The van der Waals surface area contributed by atoms with E-state index in [-0.39, 0.29) is 17.8 Å². The smallest absolute Gasteiger partial charge is 0.337 e. The molecule has 0 unspecified atom stereocenters. The van der Waals surface area contributed by atoms with Crippen LogP contribution in [0.5, 0.6) is 11.5 Å². The zero-order chi connectivity index (χ0) is 26.1. The Morgan fingerprint density at radius 1 is 0.972 bits per heavy atom. The third kappa shape index (κ3) is 4.97. The quantitative estimate of drug-likeness (QED) is 0.441. The number of allylic oxidation sites excluding steroid dienone is 3. The molecule has 2 aromatic carbocycles. The Morgan fingerprint density at radius 2 is 1.67 bits per heavy atom. The second-order valence-electron chi connectivity index (χ2n) is 9.26. The summed E-state index contributed by atoms with van der Waals surface area (Å²) in [6.07, 6.45) is 0.580. The molecule has 0 spiro atoms. The van der Waals surface area contributed by atoms with Crippen molar-refractivity contribution < 1.29 is 23.8 Å². The van der Waals surface area contributed by atoms with Crippen LogP contribution >= 0.6 is 23.2 Å². The maximum atomic E-state index is 13.7. The van der Waals surface area contributed by atoms with Gasteiger partial charge in [0, 0.05) is 29.3 Å². The summed E-state index contributed by atoms with van der Waals surface area (Å²) >= 11 is 12.5. The molecule has 0 saturated carbocycles. The number of nitrogens with one attached hydrogen (secondary N) is 1. The molecule has 1 heterocycles. The largest absolute Gasteiger partial charge is 0.493 e. The van der Waals surface area contributed by atoms with Gasteiger partial charge < -0.3 is 19.5 Å². The number of rotatable bonds is 6. The average molecular weight is 530 g/mol. The number of ether oxygens (including phenoxy) is 3. The number of methoxy groups -OCH3 is 2. The van der Waals surface area contributed by atoms with Crippen molar-refractivity contribution in [2.75, 3.05) is 14.2 Å². The predicted octanol–water partition coefficient (Wildman–Crippen LogP) is 6.32. The van der Waals surface area contributed by atoms with Crippen molar-refractivity contribution in [2.45, 2.75) is 51.6 Å². The molecule has 190 valence electrons. The van der Waals surface area contributed by atoms with Crippen molar-refractivity contribution in [1.82, 2.24) is 5.32 Å². The number of ketones is 1. The molecule has 2 atom stereocenters. The molecule has 1 aliphatic heterocycles. The summed E-state index contributed by atoms with van der Waals surface area (Å²) in [4.78, 5) is 26.9. The van der Waals surface area contributed by atoms with Gasteiger partial charge in [-0.15, -0.1) is 0 Å². The normalized spacial score (nSPS) is 19.7. The summed E-state index contributed by atoms with van der Waals surface area (Å²) in [5.41, 5.74) is 4.10. The Bertz CT molecular complexity index is 1280. The van der Waals surface area contributed by atoms with Crippen LogP contribution in [0.15, 0.2) is 58.9 Å². The molecule has 1 N–H and O–H groups in total. The summed E-state index contributed by atoms with van der Waals surface area (Å²) in [7, 11) is 3.18. The minimum Gasteiger partial charge on any atom is -0.493 e. The fraction of sp³-hybridized carbons (Fsp3) is 0.357. The van der Waals surface area contributed by atoms with Gasteiger partial charge in [0.25, 0.3) is 0 Å². The number of hydrogen-bond acceptors (Lipinski definition) is 6. The molecule has 1 aliphatic carbocycles. The van der Waals surface area contributed by atoms with Gasteiger partial charge in [0.1, 0.15) is 0 Å². The molecule has 4 rings (SSSR count). The lowest BCUT2D eigenvalue weighted by Crippen LogP contribution is -2.36. The van der Waals surface area contributed by atoms with Crippen LogP contribution in [-0.4, -0.2) is 32.1 Å².